The number of aryl methyl sites for hydroxylation is 2. The monoisotopic (exact) mass is 414 g/mol. The van der Waals surface area contributed by atoms with Crippen molar-refractivity contribution in [2.45, 2.75) is 66.1 Å². The van der Waals surface area contributed by atoms with Crippen LogP contribution >= 0.6 is 11.6 Å². The summed E-state index contributed by atoms with van der Waals surface area (Å²) in [4.78, 5) is 27.7. The van der Waals surface area contributed by atoms with E-state index in [2.05, 4.69) is 5.32 Å². The van der Waals surface area contributed by atoms with Crippen molar-refractivity contribution >= 4 is 23.4 Å². The zero-order chi connectivity index (χ0) is 21.6. The van der Waals surface area contributed by atoms with Crippen molar-refractivity contribution < 1.29 is 9.59 Å². The van der Waals surface area contributed by atoms with Crippen LogP contribution in [0.2, 0.25) is 5.02 Å². The van der Waals surface area contributed by atoms with Crippen molar-refractivity contribution in [1.29, 1.82) is 0 Å². The second-order valence-corrected chi connectivity index (χ2v) is 8.12. The van der Waals surface area contributed by atoms with Gasteiger partial charge in [0, 0.05) is 17.6 Å². The summed E-state index contributed by atoms with van der Waals surface area (Å²) in [7, 11) is 0. The van der Waals surface area contributed by atoms with E-state index in [9.17, 15) is 9.59 Å². The quantitative estimate of drug-likeness (QED) is 0.672. The topological polar surface area (TPSA) is 49.4 Å². The Balaban J connectivity index is 2.29. The van der Waals surface area contributed by atoms with Crippen LogP contribution in [0, 0.1) is 13.8 Å². The van der Waals surface area contributed by atoms with Gasteiger partial charge in [0.05, 0.1) is 6.42 Å². The molecule has 0 fully saturated rings. The van der Waals surface area contributed by atoms with Crippen LogP contribution in [0.15, 0.2) is 42.5 Å². The Bertz CT molecular complexity index is 866. The molecule has 0 aliphatic rings. The van der Waals surface area contributed by atoms with E-state index < -0.39 is 6.04 Å². The minimum Gasteiger partial charge on any atom is -0.352 e. The van der Waals surface area contributed by atoms with Crippen molar-refractivity contribution in [1.82, 2.24) is 10.2 Å². The first-order chi connectivity index (χ1) is 13.7. The van der Waals surface area contributed by atoms with E-state index in [1.165, 1.54) is 0 Å². The van der Waals surface area contributed by atoms with E-state index in [1.807, 2.05) is 64.1 Å². The molecule has 29 heavy (non-hydrogen) atoms. The number of hydrogen-bond acceptors (Lipinski definition) is 2. The number of carbonyl (C=O) groups excluding carboxylic acids is 2. The van der Waals surface area contributed by atoms with Gasteiger partial charge in [0.25, 0.3) is 0 Å². The molecule has 156 valence electrons. The largest absolute Gasteiger partial charge is 0.352 e. The molecule has 0 spiro atoms. The molecule has 0 saturated carbocycles. The maximum Gasteiger partial charge on any atom is 0.242 e. The maximum atomic E-state index is 13.3. The molecule has 0 aliphatic carbocycles. The van der Waals surface area contributed by atoms with Crippen LogP contribution < -0.4 is 5.32 Å². The highest BCUT2D eigenvalue weighted by atomic mass is 35.5. The number of rotatable bonds is 8. The maximum absolute atomic E-state index is 13.3. The van der Waals surface area contributed by atoms with Crippen LogP contribution in [0.25, 0.3) is 0 Å². The van der Waals surface area contributed by atoms with E-state index in [0.29, 0.717) is 11.6 Å². The average molecular weight is 415 g/mol. The van der Waals surface area contributed by atoms with Gasteiger partial charge in [0.1, 0.15) is 6.04 Å². The van der Waals surface area contributed by atoms with Gasteiger partial charge in [-0.05, 0) is 56.9 Å². The Kier molecular flexibility index (Phi) is 8.27. The molecular formula is C24H31ClN2O2. The lowest BCUT2D eigenvalue weighted by Crippen LogP contribution is -2.50. The molecule has 0 heterocycles. The third-order valence-electron chi connectivity index (χ3n) is 5.31. The zero-order valence-corrected chi connectivity index (χ0v) is 18.7. The summed E-state index contributed by atoms with van der Waals surface area (Å²) in [6.07, 6.45) is 1.08. The first-order valence-electron chi connectivity index (χ1n) is 10.1. The van der Waals surface area contributed by atoms with Crippen LogP contribution in [0.1, 0.15) is 49.4 Å². The SMILES string of the molecule is CC[C@H](C)NC(=O)[C@H](C)N(Cc1ccccc1Cl)C(=O)Cc1cc(C)ccc1C. The zero-order valence-electron chi connectivity index (χ0n) is 18.0. The Morgan fingerprint density at radius 1 is 1.07 bits per heavy atom. The van der Waals surface area contributed by atoms with Crippen LogP contribution in [0.5, 0.6) is 0 Å². The highest BCUT2D eigenvalue weighted by molar-refractivity contribution is 6.31. The van der Waals surface area contributed by atoms with Crippen LogP contribution in [0.4, 0.5) is 0 Å². The van der Waals surface area contributed by atoms with E-state index in [1.54, 1.807) is 17.9 Å². The number of carbonyl (C=O) groups is 2. The molecule has 4 nitrogen and oxygen atoms in total. The van der Waals surface area contributed by atoms with Crippen LogP contribution in [-0.4, -0.2) is 28.8 Å². The summed E-state index contributed by atoms with van der Waals surface area (Å²) in [5.74, 6) is -0.244. The molecular weight excluding hydrogens is 384 g/mol. The predicted molar refractivity (Wildman–Crippen MR) is 119 cm³/mol. The van der Waals surface area contributed by atoms with Crippen LogP contribution in [0.3, 0.4) is 0 Å². The number of benzene rings is 2. The number of amides is 2. The van der Waals surface area contributed by atoms with E-state index in [4.69, 9.17) is 11.6 Å². The molecule has 0 unspecified atom stereocenters. The molecule has 2 atom stereocenters. The molecule has 2 aromatic carbocycles. The second-order valence-electron chi connectivity index (χ2n) is 7.71. The molecule has 0 aromatic heterocycles. The fraction of sp³-hybridized carbons (Fsp3) is 0.417. The normalized spacial score (nSPS) is 12.9. The molecule has 2 aromatic rings. The molecule has 0 saturated heterocycles. The molecule has 2 amide bonds. The lowest BCUT2D eigenvalue weighted by Gasteiger charge is -2.30. The van der Waals surface area contributed by atoms with Crippen molar-refractivity contribution in [2.24, 2.45) is 0 Å². The third-order valence-corrected chi connectivity index (χ3v) is 5.68. The predicted octanol–water partition coefficient (Wildman–Crippen LogP) is 4.83. The van der Waals surface area contributed by atoms with Crippen molar-refractivity contribution in [3.8, 4) is 0 Å². The van der Waals surface area contributed by atoms with E-state index >= 15 is 0 Å². The summed E-state index contributed by atoms with van der Waals surface area (Å²) in [6, 6.07) is 13.0. The fourth-order valence-corrected chi connectivity index (χ4v) is 3.31. The first-order valence-corrected chi connectivity index (χ1v) is 10.5. The standard InChI is InChI=1S/C24H31ClN2O2/c1-6-18(4)26-24(29)19(5)27(15-20-9-7-8-10-22(20)25)23(28)14-21-13-16(2)11-12-17(21)3/h7-13,18-19H,6,14-15H2,1-5H3,(H,26,29)/t18-,19-/m0/s1. The summed E-state index contributed by atoms with van der Waals surface area (Å²) < 4.78 is 0. The first kappa shape index (κ1) is 23.0. The minimum atomic E-state index is -0.599. The number of nitrogens with one attached hydrogen (secondary N) is 1. The smallest absolute Gasteiger partial charge is 0.242 e. The fourth-order valence-electron chi connectivity index (χ4n) is 3.11. The minimum absolute atomic E-state index is 0.0567. The Morgan fingerprint density at radius 3 is 2.41 bits per heavy atom. The Hall–Kier alpha value is -2.33. The number of hydrogen-bond donors (Lipinski definition) is 1. The molecule has 5 heteroatoms. The molecule has 0 bridgehead atoms. The van der Waals surface area contributed by atoms with Gasteiger partial charge in [-0.1, -0.05) is 60.5 Å². The molecule has 1 N–H and O–H groups in total. The Labute approximate surface area is 179 Å². The van der Waals surface area contributed by atoms with Crippen molar-refractivity contribution in [3.63, 3.8) is 0 Å². The lowest BCUT2D eigenvalue weighted by molar-refractivity contribution is -0.140. The Morgan fingerprint density at radius 2 is 1.76 bits per heavy atom. The summed E-state index contributed by atoms with van der Waals surface area (Å²) in [6.45, 7) is 10.1. The average Bonchev–Trinajstić information content (AvgIpc) is 2.69. The molecule has 0 radical (unpaired) electrons. The number of halogens is 1. The van der Waals surface area contributed by atoms with E-state index in [0.717, 1.165) is 28.7 Å². The van der Waals surface area contributed by atoms with Gasteiger partial charge in [-0.3, -0.25) is 9.59 Å². The van der Waals surface area contributed by atoms with Crippen molar-refractivity contribution in [3.05, 3.63) is 69.7 Å². The van der Waals surface area contributed by atoms with Gasteiger partial charge in [0.2, 0.25) is 11.8 Å². The van der Waals surface area contributed by atoms with Gasteiger partial charge in [0.15, 0.2) is 0 Å². The highest BCUT2D eigenvalue weighted by Gasteiger charge is 2.27. The lowest BCUT2D eigenvalue weighted by atomic mass is 10.0. The van der Waals surface area contributed by atoms with E-state index in [-0.39, 0.29) is 24.3 Å². The molecule has 0 aliphatic heterocycles. The van der Waals surface area contributed by atoms with Gasteiger partial charge in [-0.15, -0.1) is 0 Å². The second kappa shape index (κ2) is 10.4. The summed E-state index contributed by atoms with van der Waals surface area (Å²) in [5.41, 5.74) is 3.98. The van der Waals surface area contributed by atoms with Gasteiger partial charge < -0.3 is 10.2 Å². The molecule has 2 rings (SSSR count). The summed E-state index contributed by atoms with van der Waals surface area (Å²) >= 11 is 6.33. The van der Waals surface area contributed by atoms with Gasteiger partial charge in [-0.2, -0.15) is 0 Å². The van der Waals surface area contributed by atoms with Crippen LogP contribution in [-0.2, 0) is 22.6 Å². The third kappa shape index (κ3) is 6.33. The van der Waals surface area contributed by atoms with Gasteiger partial charge >= 0.3 is 0 Å². The van der Waals surface area contributed by atoms with Gasteiger partial charge in [-0.25, -0.2) is 0 Å². The van der Waals surface area contributed by atoms with Crippen molar-refractivity contribution in [2.75, 3.05) is 0 Å². The number of nitrogens with zero attached hydrogens (tertiary/aromatic N) is 1. The summed E-state index contributed by atoms with van der Waals surface area (Å²) in [5, 5.41) is 3.57. The highest BCUT2D eigenvalue weighted by Crippen LogP contribution is 2.20.